The molecule has 0 aromatic heterocycles. The van der Waals surface area contributed by atoms with Gasteiger partial charge in [0.25, 0.3) is 0 Å². The second-order valence-electron chi connectivity index (χ2n) is 8.22. The number of ketones is 1. The third kappa shape index (κ3) is 2.53. The molecule has 6 unspecified atom stereocenters. The molecule has 0 aromatic rings. The van der Waals surface area contributed by atoms with E-state index in [1.165, 1.54) is 0 Å². The molecule has 6 nitrogen and oxygen atoms in total. The number of carbonyl (C=O) groups is 3. The number of hydrogen-bond acceptors (Lipinski definition) is 6. The first kappa shape index (κ1) is 19.1. The topological polar surface area (TPSA) is 89.9 Å². The van der Waals surface area contributed by atoms with Crippen LogP contribution in [0.3, 0.4) is 0 Å². The third-order valence-electron chi connectivity index (χ3n) is 7.03. The van der Waals surface area contributed by atoms with E-state index in [0.717, 1.165) is 0 Å². The number of esters is 2. The van der Waals surface area contributed by atoms with Gasteiger partial charge in [0.05, 0.1) is 23.5 Å². The maximum atomic E-state index is 12.8. The summed E-state index contributed by atoms with van der Waals surface area (Å²) in [6.07, 6.45) is 1.63. The highest BCUT2D eigenvalue weighted by Crippen LogP contribution is 2.58. The second-order valence-corrected chi connectivity index (χ2v) is 8.22. The summed E-state index contributed by atoms with van der Waals surface area (Å²) >= 11 is 0. The summed E-state index contributed by atoms with van der Waals surface area (Å²) in [5.41, 5.74) is -2.18. The molecule has 2 saturated carbocycles. The molecule has 6 atom stereocenters. The molecular formula is C20H28O6. The minimum atomic E-state index is -1.36. The average Bonchev–Trinajstić information content (AvgIpc) is 3.00. The largest absolute Gasteiger partial charge is 0.465 e. The van der Waals surface area contributed by atoms with Crippen molar-refractivity contribution >= 4 is 17.7 Å². The molecule has 3 aliphatic rings. The first-order valence-electron chi connectivity index (χ1n) is 9.48. The standard InChI is InChI=1S/C20H28O6/c1-5-11(2)17(22)25-10-13-6-7-14-12(3)18(23)26-16(14)19(4)15(21)8-9-20(13,19)24/h11,13-14,16,24H,3,5-10H2,1-2,4H3. The fraction of sp³-hybridized carbons (Fsp3) is 0.750. The highest BCUT2D eigenvalue weighted by Gasteiger charge is 2.69. The van der Waals surface area contributed by atoms with Gasteiger partial charge in [-0.3, -0.25) is 9.59 Å². The van der Waals surface area contributed by atoms with Gasteiger partial charge in [-0.2, -0.15) is 0 Å². The number of fused-ring (bicyclic) bond motifs is 3. The Hall–Kier alpha value is -1.69. The molecule has 26 heavy (non-hydrogen) atoms. The Labute approximate surface area is 153 Å². The zero-order valence-electron chi connectivity index (χ0n) is 15.7. The SMILES string of the molecule is C=C1C(=O)OC2C1CCC(COC(=O)C(C)CC)C1(O)CCC(=O)C21C. The lowest BCUT2D eigenvalue weighted by Crippen LogP contribution is -2.57. The van der Waals surface area contributed by atoms with Crippen LogP contribution in [0.5, 0.6) is 0 Å². The quantitative estimate of drug-likeness (QED) is 0.607. The normalized spacial score (nSPS) is 40.5. The number of Topliss-reactive ketones (excluding diaryl/α,β-unsaturated/α-hetero) is 1. The third-order valence-corrected chi connectivity index (χ3v) is 7.03. The van der Waals surface area contributed by atoms with Crippen molar-refractivity contribution in [3.63, 3.8) is 0 Å². The summed E-state index contributed by atoms with van der Waals surface area (Å²) in [6, 6.07) is 0. The monoisotopic (exact) mass is 364 g/mol. The van der Waals surface area contributed by atoms with Crippen LogP contribution in [0.1, 0.15) is 52.9 Å². The van der Waals surface area contributed by atoms with Gasteiger partial charge in [0.2, 0.25) is 0 Å². The summed E-state index contributed by atoms with van der Waals surface area (Å²) in [7, 11) is 0. The first-order chi connectivity index (χ1) is 12.2. The van der Waals surface area contributed by atoms with Crippen LogP contribution in [0.2, 0.25) is 0 Å². The molecule has 0 bridgehead atoms. The Morgan fingerprint density at radius 1 is 1.42 bits per heavy atom. The molecule has 1 N–H and O–H groups in total. The van der Waals surface area contributed by atoms with E-state index >= 15 is 0 Å². The summed E-state index contributed by atoms with van der Waals surface area (Å²) < 4.78 is 11.0. The van der Waals surface area contributed by atoms with Gasteiger partial charge < -0.3 is 14.6 Å². The lowest BCUT2D eigenvalue weighted by Gasteiger charge is -2.44. The maximum absolute atomic E-state index is 12.8. The van der Waals surface area contributed by atoms with E-state index in [0.29, 0.717) is 31.3 Å². The molecule has 0 spiro atoms. The Balaban J connectivity index is 1.90. The van der Waals surface area contributed by atoms with Gasteiger partial charge in [-0.1, -0.05) is 20.4 Å². The van der Waals surface area contributed by atoms with Gasteiger partial charge in [-0.05, 0) is 32.6 Å². The molecule has 0 amide bonds. The number of aliphatic hydroxyl groups is 1. The molecule has 0 radical (unpaired) electrons. The number of carbonyl (C=O) groups excluding carboxylic acids is 3. The summed E-state index contributed by atoms with van der Waals surface area (Å²) in [6.45, 7) is 9.32. The molecule has 144 valence electrons. The molecule has 3 fully saturated rings. The average molecular weight is 364 g/mol. The van der Waals surface area contributed by atoms with Crippen molar-refractivity contribution in [2.75, 3.05) is 6.61 Å². The van der Waals surface area contributed by atoms with Gasteiger partial charge in [0, 0.05) is 23.8 Å². The fourth-order valence-corrected chi connectivity index (χ4v) is 4.88. The number of hydrogen-bond donors (Lipinski definition) is 1. The van der Waals surface area contributed by atoms with Crippen LogP contribution >= 0.6 is 0 Å². The fourth-order valence-electron chi connectivity index (χ4n) is 4.88. The second kappa shape index (κ2) is 6.48. The van der Waals surface area contributed by atoms with E-state index in [1.807, 2.05) is 6.92 Å². The van der Waals surface area contributed by atoms with Crippen LogP contribution in [0.25, 0.3) is 0 Å². The minimum Gasteiger partial charge on any atom is -0.465 e. The van der Waals surface area contributed by atoms with Gasteiger partial charge >= 0.3 is 11.9 Å². The van der Waals surface area contributed by atoms with E-state index in [2.05, 4.69) is 6.58 Å². The molecule has 0 aromatic carbocycles. The molecule has 2 aliphatic carbocycles. The molecule has 1 aliphatic heterocycles. The number of ether oxygens (including phenoxy) is 2. The number of rotatable bonds is 4. The highest BCUT2D eigenvalue weighted by molar-refractivity contribution is 5.94. The predicted octanol–water partition coefficient (Wildman–Crippen LogP) is 2.18. The maximum Gasteiger partial charge on any atom is 0.334 e. The Morgan fingerprint density at radius 3 is 2.77 bits per heavy atom. The van der Waals surface area contributed by atoms with Crippen molar-refractivity contribution in [3.05, 3.63) is 12.2 Å². The van der Waals surface area contributed by atoms with Crippen LogP contribution in [-0.2, 0) is 23.9 Å². The van der Waals surface area contributed by atoms with Crippen molar-refractivity contribution in [1.29, 1.82) is 0 Å². The van der Waals surface area contributed by atoms with E-state index in [-0.39, 0.29) is 42.5 Å². The summed E-state index contributed by atoms with van der Waals surface area (Å²) in [4.78, 5) is 36.9. The Kier molecular flexibility index (Phi) is 4.76. The lowest BCUT2D eigenvalue weighted by molar-refractivity contribution is -0.178. The zero-order chi connectivity index (χ0) is 19.3. The summed E-state index contributed by atoms with van der Waals surface area (Å²) in [5, 5.41) is 11.6. The van der Waals surface area contributed by atoms with E-state index in [9.17, 15) is 19.5 Å². The molecule has 3 rings (SSSR count). The molecule has 1 heterocycles. The Morgan fingerprint density at radius 2 is 2.12 bits per heavy atom. The van der Waals surface area contributed by atoms with E-state index in [4.69, 9.17) is 9.47 Å². The Bertz CT molecular complexity index is 655. The van der Waals surface area contributed by atoms with Gasteiger partial charge in [-0.15, -0.1) is 0 Å². The van der Waals surface area contributed by atoms with Crippen molar-refractivity contribution in [1.82, 2.24) is 0 Å². The van der Waals surface area contributed by atoms with Gasteiger partial charge in [-0.25, -0.2) is 4.79 Å². The van der Waals surface area contributed by atoms with E-state index in [1.54, 1.807) is 13.8 Å². The molecule has 1 saturated heterocycles. The van der Waals surface area contributed by atoms with Crippen LogP contribution in [0.4, 0.5) is 0 Å². The summed E-state index contributed by atoms with van der Waals surface area (Å²) in [5.74, 6) is -1.72. The van der Waals surface area contributed by atoms with Gasteiger partial charge in [0.1, 0.15) is 11.9 Å². The minimum absolute atomic E-state index is 0.0718. The van der Waals surface area contributed by atoms with E-state index < -0.39 is 23.1 Å². The van der Waals surface area contributed by atoms with Crippen LogP contribution in [-0.4, -0.2) is 41.1 Å². The van der Waals surface area contributed by atoms with Crippen molar-refractivity contribution in [3.8, 4) is 0 Å². The van der Waals surface area contributed by atoms with Crippen LogP contribution in [0.15, 0.2) is 12.2 Å². The predicted molar refractivity (Wildman–Crippen MR) is 92.9 cm³/mol. The van der Waals surface area contributed by atoms with Crippen molar-refractivity contribution in [2.45, 2.75) is 64.6 Å². The highest BCUT2D eigenvalue weighted by atomic mass is 16.6. The molecular weight excluding hydrogens is 336 g/mol. The smallest absolute Gasteiger partial charge is 0.334 e. The first-order valence-corrected chi connectivity index (χ1v) is 9.48. The van der Waals surface area contributed by atoms with Crippen molar-refractivity contribution < 1.29 is 29.0 Å². The zero-order valence-corrected chi connectivity index (χ0v) is 15.7. The van der Waals surface area contributed by atoms with Gasteiger partial charge in [0.15, 0.2) is 0 Å². The lowest BCUT2D eigenvalue weighted by atomic mass is 9.65. The molecule has 6 heteroatoms. The van der Waals surface area contributed by atoms with Crippen molar-refractivity contribution in [2.24, 2.45) is 23.2 Å². The van der Waals surface area contributed by atoms with Crippen LogP contribution in [0, 0.1) is 23.2 Å². The van der Waals surface area contributed by atoms with Crippen LogP contribution < -0.4 is 0 Å².